The predicted molar refractivity (Wildman–Crippen MR) is 89.3 cm³/mol. The van der Waals surface area contributed by atoms with Crippen molar-refractivity contribution >= 4 is 11.9 Å². The highest BCUT2D eigenvalue weighted by Gasteiger charge is 2.31. The van der Waals surface area contributed by atoms with Crippen molar-refractivity contribution in [1.82, 2.24) is 14.7 Å². The second-order valence-electron chi connectivity index (χ2n) is 6.56. The number of carbonyl (C=O) groups is 2. The summed E-state index contributed by atoms with van der Waals surface area (Å²) in [7, 11) is 0. The summed E-state index contributed by atoms with van der Waals surface area (Å²) >= 11 is 0. The van der Waals surface area contributed by atoms with Gasteiger partial charge in [-0.05, 0) is 45.2 Å². The fourth-order valence-electron chi connectivity index (χ4n) is 3.21. The van der Waals surface area contributed by atoms with Crippen LogP contribution in [-0.4, -0.2) is 44.3 Å². The minimum atomic E-state index is -1.11. The second-order valence-corrected chi connectivity index (χ2v) is 6.56. The predicted octanol–water partition coefficient (Wildman–Crippen LogP) is 2.57. The van der Waals surface area contributed by atoms with Gasteiger partial charge in [0.05, 0.1) is 5.69 Å². The Labute approximate surface area is 149 Å². The average Bonchev–Trinajstić information content (AvgIpc) is 3.16. The molecule has 1 aromatic carbocycles. The molecule has 0 aliphatic heterocycles. The molecule has 0 fully saturated rings. The Hall–Kier alpha value is -2.77. The summed E-state index contributed by atoms with van der Waals surface area (Å²) < 4.78 is 28.3. The highest BCUT2D eigenvalue weighted by atomic mass is 19.2. The third-order valence-corrected chi connectivity index (χ3v) is 4.47. The van der Waals surface area contributed by atoms with Crippen molar-refractivity contribution in [2.45, 2.75) is 39.2 Å². The molecule has 0 bridgehead atoms. The molecule has 0 saturated carbocycles. The van der Waals surface area contributed by atoms with E-state index in [0.29, 0.717) is 18.5 Å². The van der Waals surface area contributed by atoms with Gasteiger partial charge in [-0.15, -0.1) is 0 Å². The molecule has 3 rings (SSSR count). The molecule has 1 aliphatic carbocycles. The van der Waals surface area contributed by atoms with E-state index in [1.807, 2.05) is 0 Å². The topological polar surface area (TPSA) is 75.4 Å². The van der Waals surface area contributed by atoms with E-state index in [0.717, 1.165) is 29.8 Å². The quantitative estimate of drug-likeness (QED) is 0.886. The number of amides is 1. The number of rotatable bonds is 5. The summed E-state index contributed by atoms with van der Waals surface area (Å²) in [4.78, 5) is 25.2. The number of carboxylic acids is 1. The molecule has 1 aliphatic rings. The van der Waals surface area contributed by atoms with Gasteiger partial charge in [0.1, 0.15) is 6.54 Å². The van der Waals surface area contributed by atoms with E-state index >= 15 is 0 Å². The number of fused-ring (bicyclic) bond motifs is 1. The summed E-state index contributed by atoms with van der Waals surface area (Å²) in [5, 5.41) is 13.4. The monoisotopic (exact) mass is 363 g/mol. The van der Waals surface area contributed by atoms with Gasteiger partial charge >= 0.3 is 5.97 Å². The first-order valence-corrected chi connectivity index (χ1v) is 8.38. The van der Waals surface area contributed by atoms with Crippen LogP contribution in [0.2, 0.25) is 0 Å². The van der Waals surface area contributed by atoms with E-state index in [1.165, 1.54) is 15.6 Å². The number of benzene rings is 1. The fourth-order valence-corrected chi connectivity index (χ4v) is 3.21. The third-order valence-electron chi connectivity index (χ3n) is 4.47. The minimum Gasteiger partial charge on any atom is -0.480 e. The molecule has 26 heavy (non-hydrogen) atoms. The zero-order chi connectivity index (χ0) is 19.0. The first-order chi connectivity index (χ1) is 12.3. The number of carbonyl (C=O) groups excluding carboxylic acids is 1. The van der Waals surface area contributed by atoms with E-state index in [1.54, 1.807) is 13.8 Å². The zero-order valence-corrected chi connectivity index (χ0v) is 14.5. The first kappa shape index (κ1) is 18.0. The number of hydrogen-bond acceptors (Lipinski definition) is 3. The Morgan fingerprint density at radius 2 is 2.00 bits per heavy atom. The van der Waals surface area contributed by atoms with Crippen molar-refractivity contribution in [2.75, 3.05) is 6.54 Å². The van der Waals surface area contributed by atoms with E-state index < -0.39 is 30.1 Å². The Bertz CT molecular complexity index is 877. The number of hydrogen-bond donors (Lipinski definition) is 1. The lowest BCUT2D eigenvalue weighted by Gasteiger charge is -2.24. The summed E-state index contributed by atoms with van der Waals surface area (Å²) in [6, 6.07) is 3.13. The molecule has 8 heteroatoms. The van der Waals surface area contributed by atoms with Crippen molar-refractivity contribution in [1.29, 1.82) is 0 Å². The van der Waals surface area contributed by atoms with Crippen LogP contribution in [-0.2, 0) is 17.6 Å². The number of nitrogens with zero attached hydrogens (tertiary/aromatic N) is 3. The van der Waals surface area contributed by atoms with E-state index in [2.05, 4.69) is 5.10 Å². The molecule has 2 aromatic rings. The van der Waals surface area contributed by atoms with E-state index in [4.69, 9.17) is 5.11 Å². The number of halogens is 2. The van der Waals surface area contributed by atoms with Crippen LogP contribution >= 0.6 is 0 Å². The summed E-state index contributed by atoms with van der Waals surface area (Å²) in [6.45, 7) is 3.03. The summed E-state index contributed by atoms with van der Waals surface area (Å²) in [6.07, 6.45) is 2.12. The van der Waals surface area contributed by atoms with Crippen LogP contribution in [0.4, 0.5) is 8.78 Å². The van der Waals surface area contributed by atoms with Crippen molar-refractivity contribution in [3.05, 3.63) is 46.8 Å². The van der Waals surface area contributed by atoms with Crippen LogP contribution in [0.1, 0.15) is 42.0 Å². The van der Waals surface area contributed by atoms with Crippen LogP contribution in [0.25, 0.3) is 5.69 Å². The van der Waals surface area contributed by atoms with Gasteiger partial charge in [-0.2, -0.15) is 5.10 Å². The molecule has 0 spiro atoms. The van der Waals surface area contributed by atoms with Crippen molar-refractivity contribution in [3.63, 3.8) is 0 Å². The lowest BCUT2D eigenvalue weighted by atomic mass is 10.1. The second kappa shape index (κ2) is 6.86. The Kier molecular flexibility index (Phi) is 4.76. The lowest BCUT2D eigenvalue weighted by molar-refractivity contribution is -0.138. The molecule has 6 nitrogen and oxygen atoms in total. The van der Waals surface area contributed by atoms with Crippen LogP contribution in [0, 0.1) is 11.6 Å². The Morgan fingerprint density at radius 1 is 1.27 bits per heavy atom. The van der Waals surface area contributed by atoms with E-state index in [-0.39, 0.29) is 11.7 Å². The van der Waals surface area contributed by atoms with Gasteiger partial charge in [0.2, 0.25) is 0 Å². The number of aromatic nitrogens is 2. The maximum Gasteiger partial charge on any atom is 0.323 e. The maximum atomic E-state index is 13.6. The first-order valence-electron chi connectivity index (χ1n) is 8.38. The Balaban J connectivity index is 2.05. The van der Waals surface area contributed by atoms with Gasteiger partial charge < -0.3 is 10.0 Å². The molecule has 1 N–H and O–H groups in total. The van der Waals surface area contributed by atoms with Gasteiger partial charge in [-0.25, -0.2) is 13.5 Å². The standard InChI is InChI=1S/C18H19F2N3O3/c1-10(2)22(9-16(24)25)18(26)17-12-4-3-5-15(12)23(21-17)11-6-7-13(19)14(20)8-11/h6-8,10H,3-5,9H2,1-2H3,(H,24,25). The van der Waals surface area contributed by atoms with Gasteiger partial charge in [0, 0.05) is 23.4 Å². The molecule has 0 radical (unpaired) electrons. The molecule has 138 valence electrons. The molecule has 0 atom stereocenters. The van der Waals surface area contributed by atoms with Crippen LogP contribution in [0.3, 0.4) is 0 Å². The van der Waals surface area contributed by atoms with Gasteiger partial charge in [0.25, 0.3) is 5.91 Å². The van der Waals surface area contributed by atoms with Crippen LogP contribution < -0.4 is 0 Å². The fraction of sp³-hybridized carbons (Fsp3) is 0.389. The van der Waals surface area contributed by atoms with Gasteiger partial charge in [0.15, 0.2) is 17.3 Å². The highest BCUT2D eigenvalue weighted by Crippen LogP contribution is 2.29. The zero-order valence-electron chi connectivity index (χ0n) is 14.5. The van der Waals surface area contributed by atoms with Crippen molar-refractivity contribution < 1.29 is 23.5 Å². The SMILES string of the molecule is CC(C)N(CC(=O)O)C(=O)c1nn(-c2ccc(F)c(F)c2)c2c1CCC2. The largest absolute Gasteiger partial charge is 0.480 e. The molecular formula is C18H19F2N3O3. The number of carboxylic acid groups (broad SMARTS) is 1. The van der Waals surface area contributed by atoms with Crippen LogP contribution in [0.15, 0.2) is 18.2 Å². The summed E-state index contributed by atoms with van der Waals surface area (Å²) in [5.41, 5.74) is 2.03. The van der Waals surface area contributed by atoms with Crippen molar-refractivity contribution in [3.8, 4) is 5.69 Å². The maximum absolute atomic E-state index is 13.6. The molecule has 1 heterocycles. The normalized spacial score (nSPS) is 13.1. The van der Waals surface area contributed by atoms with Gasteiger partial charge in [-0.1, -0.05) is 0 Å². The lowest BCUT2D eigenvalue weighted by Crippen LogP contribution is -2.41. The molecule has 0 saturated heterocycles. The van der Waals surface area contributed by atoms with Crippen LogP contribution in [0.5, 0.6) is 0 Å². The number of aliphatic carboxylic acids is 1. The minimum absolute atomic E-state index is 0.178. The smallest absolute Gasteiger partial charge is 0.323 e. The van der Waals surface area contributed by atoms with E-state index in [9.17, 15) is 18.4 Å². The molecule has 1 amide bonds. The third kappa shape index (κ3) is 3.18. The van der Waals surface area contributed by atoms with Crippen molar-refractivity contribution in [2.24, 2.45) is 0 Å². The van der Waals surface area contributed by atoms with Gasteiger partial charge in [-0.3, -0.25) is 9.59 Å². The summed E-state index contributed by atoms with van der Waals surface area (Å²) in [5.74, 6) is -3.53. The Morgan fingerprint density at radius 3 is 2.62 bits per heavy atom. The molecule has 1 aromatic heterocycles. The average molecular weight is 363 g/mol. The molecule has 0 unspecified atom stereocenters. The highest BCUT2D eigenvalue weighted by molar-refractivity contribution is 5.96. The molecular weight excluding hydrogens is 344 g/mol.